The van der Waals surface area contributed by atoms with E-state index in [4.69, 9.17) is 30.5 Å². The van der Waals surface area contributed by atoms with Gasteiger partial charge in [0.15, 0.2) is 0 Å². The molecule has 0 radical (unpaired) electrons. The van der Waals surface area contributed by atoms with Crippen LogP contribution in [-0.2, 0) is 10.0 Å². The molecule has 172 valence electrons. The molecule has 4 rings (SSSR count). The Morgan fingerprint density at radius 3 is 2.09 bits per heavy atom. The van der Waals surface area contributed by atoms with E-state index >= 15 is 0 Å². The van der Waals surface area contributed by atoms with Gasteiger partial charge in [0.1, 0.15) is 30.5 Å². The van der Waals surface area contributed by atoms with Gasteiger partial charge in [0.2, 0.25) is 5.88 Å². The van der Waals surface area contributed by atoms with Crippen molar-refractivity contribution in [1.82, 2.24) is 9.19 Å². The normalized spacial score (nSPS) is 11.4. The highest BCUT2D eigenvalue weighted by atomic mass is 35.5. The molecule has 4 aromatic rings. The first kappa shape index (κ1) is 22.8. The predicted octanol–water partition coefficient (Wildman–Crippen LogP) is 4.40. The standard InChI is InChI=1S/C23H21ClN2O6S/c1-29-17-7-10-20(11-8-17)33(27,28)26-22-12-9-19(30-2)15-21(22)23(25-26)32-14-13-31-18-5-3-16(24)4-6-18/h3-12,15H,13-14H2,1-2H3. The summed E-state index contributed by atoms with van der Waals surface area (Å²) in [5, 5.41) is 5.37. The number of ether oxygens (including phenoxy) is 4. The van der Waals surface area contributed by atoms with E-state index in [1.807, 2.05) is 0 Å². The molecule has 0 saturated heterocycles. The minimum atomic E-state index is -3.98. The van der Waals surface area contributed by atoms with Gasteiger partial charge >= 0.3 is 0 Å². The van der Waals surface area contributed by atoms with Crippen LogP contribution in [0.4, 0.5) is 0 Å². The largest absolute Gasteiger partial charge is 0.497 e. The zero-order valence-corrected chi connectivity index (χ0v) is 19.5. The maximum Gasteiger partial charge on any atom is 0.283 e. The summed E-state index contributed by atoms with van der Waals surface area (Å²) in [6, 6.07) is 18.0. The highest BCUT2D eigenvalue weighted by Crippen LogP contribution is 2.31. The summed E-state index contributed by atoms with van der Waals surface area (Å²) < 4.78 is 49.4. The molecule has 0 aliphatic heterocycles. The van der Waals surface area contributed by atoms with Gasteiger partial charge in [-0.15, -0.1) is 9.19 Å². The Morgan fingerprint density at radius 2 is 1.42 bits per heavy atom. The average molecular weight is 489 g/mol. The first-order valence-corrected chi connectivity index (χ1v) is 11.7. The van der Waals surface area contributed by atoms with Crippen molar-refractivity contribution >= 4 is 32.5 Å². The number of benzene rings is 3. The van der Waals surface area contributed by atoms with Gasteiger partial charge < -0.3 is 18.9 Å². The van der Waals surface area contributed by atoms with Crippen LogP contribution in [0.1, 0.15) is 0 Å². The maximum atomic E-state index is 13.3. The van der Waals surface area contributed by atoms with E-state index in [9.17, 15) is 8.42 Å². The maximum absolute atomic E-state index is 13.3. The zero-order valence-electron chi connectivity index (χ0n) is 17.9. The number of fused-ring (bicyclic) bond motifs is 1. The third-order valence-corrected chi connectivity index (χ3v) is 6.66. The molecule has 0 unspecified atom stereocenters. The molecule has 10 heteroatoms. The molecule has 1 heterocycles. The summed E-state index contributed by atoms with van der Waals surface area (Å²) in [5.74, 6) is 1.89. The molecular weight excluding hydrogens is 468 g/mol. The Balaban J connectivity index is 1.61. The molecule has 0 N–H and O–H groups in total. The highest BCUT2D eigenvalue weighted by Gasteiger charge is 2.24. The van der Waals surface area contributed by atoms with E-state index < -0.39 is 10.0 Å². The van der Waals surface area contributed by atoms with Crippen LogP contribution in [0.2, 0.25) is 5.02 Å². The molecule has 0 aliphatic rings. The number of rotatable bonds is 9. The van der Waals surface area contributed by atoms with Crippen molar-refractivity contribution in [2.24, 2.45) is 0 Å². The second-order valence-electron chi connectivity index (χ2n) is 6.86. The molecular formula is C23H21ClN2O6S. The summed E-state index contributed by atoms with van der Waals surface area (Å²) in [7, 11) is -0.942. The third kappa shape index (κ3) is 4.84. The Labute approximate surface area is 196 Å². The van der Waals surface area contributed by atoms with Gasteiger partial charge in [-0.2, -0.15) is 8.42 Å². The lowest BCUT2D eigenvalue weighted by Gasteiger charge is -2.07. The molecule has 8 nitrogen and oxygen atoms in total. The van der Waals surface area contributed by atoms with Crippen molar-refractivity contribution in [1.29, 1.82) is 0 Å². The van der Waals surface area contributed by atoms with Gasteiger partial charge in [-0.05, 0) is 66.7 Å². The molecule has 0 spiro atoms. The van der Waals surface area contributed by atoms with E-state index in [1.165, 1.54) is 26.4 Å². The molecule has 0 aliphatic carbocycles. The number of halogens is 1. The lowest BCUT2D eigenvalue weighted by atomic mass is 10.2. The fourth-order valence-corrected chi connectivity index (χ4v) is 4.54. The molecule has 33 heavy (non-hydrogen) atoms. The Hall–Kier alpha value is -3.43. The van der Waals surface area contributed by atoms with Crippen LogP contribution in [0.3, 0.4) is 0 Å². The second-order valence-corrected chi connectivity index (χ2v) is 9.07. The molecule has 0 saturated carbocycles. The van der Waals surface area contributed by atoms with Crippen molar-refractivity contribution in [3.8, 4) is 23.1 Å². The van der Waals surface area contributed by atoms with Gasteiger partial charge in [-0.1, -0.05) is 11.6 Å². The monoisotopic (exact) mass is 488 g/mol. The van der Waals surface area contributed by atoms with Crippen LogP contribution < -0.4 is 18.9 Å². The molecule has 0 bridgehead atoms. The van der Waals surface area contributed by atoms with Crippen LogP contribution in [0, 0.1) is 0 Å². The minimum Gasteiger partial charge on any atom is -0.497 e. The summed E-state index contributed by atoms with van der Waals surface area (Å²) in [6.07, 6.45) is 0. The first-order chi connectivity index (χ1) is 15.9. The van der Waals surface area contributed by atoms with Crippen molar-refractivity contribution < 1.29 is 27.4 Å². The fraction of sp³-hybridized carbons (Fsp3) is 0.174. The lowest BCUT2D eigenvalue weighted by Crippen LogP contribution is -2.15. The van der Waals surface area contributed by atoms with Crippen molar-refractivity contribution in [2.75, 3.05) is 27.4 Å². The summed E-state index contributed by atoms with van der Waals surface area (Å²) in [4.78, 5) is 0.0705. The van der Waals surface area contributed by atoms with Crippen molar-refractivity contribution in [2.45, 2.75) is 4.90 Å². The van der Waals surface area contributed by atoms with E-state index in [-0.39, 0.29) is 24.0 Å². The molecule has 0 amide bonds. The third-order valence-electron chi connectivity index (χ3n) is 4.81. The van der Waals surface area contributed by atoms with E-state index in [0.717, 1.165) is 4.09 Å². The SMILES string of the molecule is COc1ccc(S(=O)(=O)n2nc(OCCOc3ccc(Cl)cc3)c3cc(OC)ccc32)cc1. The summed E-state index contributed by atoms with van der Waals surface area (Å²) in [5.41, 5.74) is 0.361. The zero-order chi connectivity index (χ0) is 23.4. The number of hydrogen-bond acceptors (Lipinski definition) is 7. The summed E-state index contributed by atoms with van der Waals surface area (Å²) >= 11 is 5.88. The number of aromatic nitrogens is 2. The van der Waals surface area contributed by atoms with Crippen LogP contribution in [-0.4, -0.2) is 45.0 Å². The highest BCUT2D eigenvalue weighted by molar-refractivity contribution is 7.90. The van der Waals surface area contributed by atoms with Gasteiger partial charge in [-0.25, -0.2) is 0 Å². The van der Waals surface area contributed by atoms with Crippen molar-refractivity contribution in [3.63, 3.8) is 0 Å². The number of methoxy groups -OCH3 is 2. The molecule has 0 fully saturated rings. The van der Waals surface area contributed by atoms with Crippen LogP contribution in [0.5, 0.6) is 23.1 Å². The van der Waals surface area contributed by atoms with Crippen LogP contribution >= 0.6 is 11.6 Å². The molecule has 3 aromatic carbocycles. The van der Waals surface area contributed by atoms with Gasteiger partial charge in [0.05, 0.1) is 30.0 Å². The lowest BCUT2D eigenvalue weighted by molar-refractivity contribution is 0.213. The fourth-order valence-electron chi connectivity index (χ4n) is 3.14. The van der Waals surface area contributed by atoms with Crippen molar-refractivity contribution in [3.05, 3.63) is 71.8 Å². The van der Waals surface area contributed by atoms with Crippen LogP contribution in [0.15, 0.2) is 71.6 Å². The molecule has 0 atom stereocenters. The van der Waals surface area contributed by atoms with E-state index in [0.29, 0.717) is 33.2 Å². The average Bonchev–Trinajstić information content (AvgIpc) is 3.21. The second kappa shape index (κ2) is 9.60. The van der Waals surface area contributed by atoms with E-state index in [2.05, 4.69) is 5.10 Å². The van der Waals surface area contributed by atoms with Gasteiger partial charge in [0.25, 0.3) is 10.0 Å². The topological polar surface area (TPSA) is 88.9 Å². The first-order valence-electron chi connectivity index (χ1n) is 9.90. The smallest absolute Gasteiger partial charge is 0.283 e. The Bertz CT molecular complexity index is 1350. The molecule has 1 aromatic heterocycles. The Kier molecular flexibility index (Phi) is 6.62. The van der Waals surface area contributed by atoms with Crippen LogP contribution in [0.25, 0.3) is 10.9 Å². The van der Waals surface area contributed by atoms with Gasteiger partial charge in [-0.3, -0.25) is 0 Å². The number of nitrogens with zero attached hydrogens (tertiary/aromatic N) is 2. The quantitative estimate of drug-likeness (QED) is 0.322. The van der Waals surface area contributed by atoms with Gasteiger partial charge in [0, 0.05) is 5.02 Å². The predicted molar refractivity (Wildman–Crippen MR) is 124 cm³/mol. The van der Waals surface area contributed by atoms with E-state index in [1.54, 1.807) is 54.6 Å². The summed E-state index contributed by atoms with van der Waals surface area (Å²) in [6.45, 7) is 0.375. The minimum absolute atomic E-state index is 0.0705. The number of hydrogen-bond donors (Lipinski definition) is 0. The Morgan fingerprint density at radius 1 is 0.818 bits per heavy atom.